The fourth-order valence-corrected chi connectivity index (χ4v) is 3.10. The molecule has 29 heavy (non-hydrogen) atoms. The Balaban J connectivity index is 1.67. The third-order valence-corrected chi connectivity index (χ3v) is 4.74. The second-order valence-electron chi connectivity index (χ2n) is 6.87. The molecule has 0 aromatic heterocycles. The molecule has 0 aliphatic carbocycles. The Morgan fingerprint density at radius 2 is 1.83 bits per heavy atom. The van der Waals surface area contributed by atoms with Crippen LogP contribution in [0.4, 0.5) is 0 Å². The smallest absolute Gasteiger partial charge is 0.329 e. The van der Waals surface area contributed by atoms with Gasteiger partial charge in [0.1, 0.15) is 24.4 Å². The highest BCUT2D eigenvalue weighted by Crippen LogP contribution is 2.14. The highest BCUT2D eigenvalue weighted by Gasteiger charge is 2.31. The lowest BCUT2D eigenvalue weighted by Crippen LogP contribution is -2.50. The molecule has 152 valence electrons. The van der Waals surface area contributed by atoms with E-state index in [0.717, 1.165) is 11.1 Å². The highest BCUT2D eigenvalue weighted by atomic mass is 16.5. The van der Waals surface area contributed by atoms with Gasteiger partial charge in [0.2, 0.25) is 11.8 Å². The van der Waals surface area contributed by atoms with Gasteiger partial charge < -0.3 is 20.1 Å². The molecule has 0 saturated carbocycles. The number of carbonyl (C=O) groups is 3. The Morgan fingerprint density at radius 1 is 1.10 bits per heavy atom. The minimum absolute atomic E-state index is 0.120. The minimum Gasteiger partial charge on any atom is -0.497 e. The number of amides is 2. The lowest BCUT2D eigenvalue weighted by molar-refractivity contribution is -0.149. The molecule has 2 amide bonds. The van der Waals surface area contributed by atoms with Crippen LogP contribution in [0.2, 0.25) is 0 Å². The van der Waals surface area contributed by atoms with Crippen LogP contribution in [0.15, 0.2) is 54.6 Å². The molecule has 1 heterocycles. The molecule has 2 atom stereocenters. The molecule has 2 N–H and O–H groups in total. The van der Waals surface area contributed by atoms with Gasteiger partial charge in [0, 0.05) is 12.8 Å². The molecule has 0 unspecified atom stereocenters. The molecule has 2 aromatic carbocycles. The molecule has 0 bridgehead atoms. The number of ether oxygens (including phenoxy) is 2. The standard InChI is InChI=1S/C22H24N2O5/c1-28-17-9-7-15(8-10-17)13-19(24-21(26)18-11-12-20(25)23-18)22(27)29-14-16-5-3-2-4-6-16/h2-10,18-19H,11-14H2,1H3,(H,23,25)(H,24,26)/t18-,19+/m1/s1. The molecule has 2 aromatic rings. The molecule has 1 saturated heterocycles. The summed E-state index contributed by atoms with van der Waals surface area (Å²) in [5, 5.41) is 5.35. The fourth-order valence-electron chi connectivity index (χ4n) is 3.10. The number of carbonyl (C=O) groups excluding carboxylic acids is 3. The number of methoxy groups -OCH3 is 1. The predicted octanol–water partition coefficient (Wildman–Crippen LogP) is 1.74. The van der Waals surface area contributed by atoms with Gasteiger partial charge in [0.05, 0.1) is 7.11 Å². The van der Waals surface area contributed by atoms with Crippen LogP contribution >= 0.6 is 0 Å². The molecule has 1 aliphatic rings. The van der Waals surface area contributed by atoms with Crippen LogP contribution in [-0.4, -0.2) is 37.0 Å². The van der Waals surface area contributed by atoms with Gasteiger partial charge in [-0.05, 0) is 29.7 Å². The number of nitrogens with one attached hydrogen (secondary N) is 2. The largest absolute Gasteiger partial charge is 0.497 e. The average Bonchev–Trinajstić information content (AvgIpc) is 3.19. The van der Waals surface area contributed by atoms with Crippen molar-refractivity contribution in [3.63, 3.8) is 0 Å². The summed E-state index contributed by atoms with van der Waals surface area (Å²) in [5.41, 5.74) is 1.71. The van der Waals surface area contributed by atoms with Crippen LogP contribution in [-0.2, 0) is 32.1 Å². The second-order valence-corrected chi connectivity index (χ2v) is 6.87. The maximum Gasteiger partial charge on any atom is 0.329 e. The highest BCUT2D eigenvalue weighted by molar-refractivity contribution is 5.93. The lowest BCUT2D eigenvalue weighted by Gasteiger charge is -2.20. The molecule has 1 aliphatic heterocycles. The van der Waals surface area contributed by atoms with E-state index in [0.29, 0.717) is 18.6 Å². The molecular weight excluding hydrogens is 372 g/mol. The van der Waals surface area contributed by atoms with Crippen molar-refractivity contribution in [2.45, 2.75) is 38.0 Å². The molecule has 0 radical (unpaired) electrons. The van der Waals surface area contributed by atoms with E-state index in [1.165, 1.54) is 0 Å². The zero-order valence-corrected chi connectivity index (χ0v) is 16.2. The van der Waals surface area contributed by atoms with E-state index >= 15 is 0 Å². The van der Waals surface area contributed by atoms with Gasteiger partial charge in [-0.2, -0.15) is 0 Å². The van der Waals surface area contributed by atoms with Crippen LogP contribution in [0.5, 0.6) is 5.75 Å². The first-order valence-corrected chi connectivity index (χ1v) is 9.48. The normalized spacial score (nSPS) is 16.6. The zero-order valence-electron chi connectivity index (χ0n) is 16.2. The first kappa shape index (κ1) is 20.4. The van der Waals surface area contributed by atoms with Gasteiger partial charge >= 0.3 is 5.97 Å². The molecule has 7 heteroatoms. The number of hydrogen-bond acceptors (Lipinski definition) is 5. The Labute approximate surface area is 169 Å². The predicted molar refractivity (Wildman–Crippen MR) is 106 cm³/mol. The summed E-state index contributed by atoms with van der Waals surface area (Å²) in [5.74, 6) is -0.369. The van der Waals surface area contributed by atoms with Gasteiger partial charge in [0.15, 0.2) is 0 Å². The van der Waals surface area contributed by atoms with Crippen molar-refractivity contribution >= 4 is 17.8 Å². The molecule has 1 fully saturated rings. The second kappa shape index (κ2) is 9.73. The van der Waals surface area contributed by atoms with E-state index in [4.69, 9.17) is 9.47 Å². The van der Waals surface area contributed by atoms with Gasteiger partial charge in [-0.1, -0.05) is 42.5 Å². The summed E-state index contributed by atoms with van der Waals surface area (Å²) < 4.78 is 10.6. The van der Waals surface area contributed by atoms with Crippen LogP contribution in [0.25, 0.3) is 0 Å². The first-order chi connectivity index (χ1) is 14.0. The van der Waals surface area contributed by atoms with Gasteiger partial charge in [-0.3, -0.25) is 9.59 Å². The lowest BCUT2D eigenvalue weighted by atomic mass is 10.0. The summed E-state index contributed by atoms with van der Waals surface area (Å²) in [6, 6.07) is 15.1. The molecule has 7 nitrogen and oxygen atoms in total. The summed E-state index contributed by atoms with van der Waals surface area (Å²) >= 11 is 0. The van der Waals surface area contributed by atoms with E-state index in [9.17, 15) is 14.4 Å². The Morgan fingerprint density at radius 3 is 2.45 bits per heavy atom. The fraction of sp³-hybridized carbons (Fsp3) is 0.318. The van der Waals surface area contributed by atoms with Crippen molar-refractivity contribution in [1.82, 2.24) is 10.6 Å². The van der Waals surface area contributed by atoms with Crippen LogP contribution in [0, 0.1) is 0 Å². The third kappa shape index (κ3) is 5.81. The van der Waals surface area contributed by atoms with Gasteiger partial charge in [-0.25, -0.2) is 4.79 Å². The molecular formula is C22H24N2O5. The minimum atomic E-state index is -0.864. The summed E-state index contributed by atoms with van der Waals surface area (Å²) in [6.45, 7) is 0.120. The third-order valence-electron chi connectivity index (χ3n) is 4.74. The van der Waals surface area contributed by atoms with Crippen molar-refractivity contribution in [2.24, 2.45) is 0 Å². The van der Waals surface area contributed by atoms with E-state index in [2.05, 4.69) is 10.6 Å². The number of rotatable bonds is 8. The van der Waals surface area contributed by atoms with E-state index in [1.807, 2.05) is 42.5 Å². The molecule has 0 spiro atoms. The summed E-state index contributed by atoms with van der Waals surface area (Å²) in [6.07, 6.45) is 0.989. The summed E-state index contributed by atoms with van der Waals surface area (Å²) in [4.78, 5) is 36.6. The molecule has 3 rings (SSSR count). The average molecular weight is 396 g/mol. The zero-order chi connectivity index (χ0) is 20.6. The van der Waals surface area contributed by atoms with Crippen molar-refractivity contribution in [3.05, 3.63) is 65.7 Å². The van der Waals surface area contributed by atoms with Crippen LogP contribution < -0.4 is 15.4 Å². The quantitative estimate of drug-likeness (QED) is 0.663. The van der Waals surface area contributed by atoms with E-state index in [-0.39, 0.29) is 24.8 Å². The van der Waals surface area contributed by atoms with E-state index in [1.54, 1.807) is 19.2 Å². The number of hydrogen-bond donors (Lipinski definition) is 2. The topological polar surface area (TPSA) is 93.7 Å². The van der Waals surface area contributed by atoms with Crippen molar-refractivity contribution in [1.29, 1.82) is 0 Å². The van der Waals surface area contributed by atoms with Crippen molar-refractivity contribution in [2.75, 3.05) is 7.11 Å². The Hall–Kier alpha value is -3.35. The number of benzene rings is 2. The van der Waals surface area contributed by atoms with Crippen molar-refractivity contribution < 1.29 is 23.9 Å². The van der Waals surface area contributed by atoms with Crippen LogP contribution in [0.3, 0.4) is 0 Å². The van der Waals surface area contributed by atoms with E-state index < -0.39 is 18.1 Å². The van der Waals surface area contributed by atoms with Gasteiger partial charge in [0.25, 0.3) is 0 Å². The summed E-state index contributed by atoms with van der Waals surface area (Å²) in [7, 11) is 1.58. The van der Waals surface area contributed by atoms with Crippen LogP contribution in [0.1, 0.15) is 24.0 Å². The SMILES string of the molecule is COc1ccc(C[C@H](NC(=O)[C@H]2CCC(=O)N2)C(=O)OCc2ccccc2)cc1. The first-order valence-electron chi connectivity index (χ1n) is 9.48. The van der Waals surface area contributed by atoms with Crippen molar-refractivity contribution in [3.8, 4) is 5.75 Å². The Kier molecular flexibility index (Phi) is 6.84. The van der Waals surface area contributed by atoms with Gasteiger partial charge in [-0.15, -0.1) is 0 Å². The maximum atomic E-state index is 12.7. The number of esters is 1. The maximum absolute atomic E-state index is 12.7. The monoisotopic (exact) mass is 396 g/mol. The Bertz CT molecular complexity index is 851.